The predicted molar refractivity (Wildman–Crippen MR) is 101 cm³/mol. The highest BCUT2D eigenvalue weighted by molar-refractivity contribution is 5.23. The summed E-state index contributed by atoms with van der Waals surface area (Å²) in [6, 6.07) is 3.47. The van der Waals surface area contributed by atoms with Crippen LogP contribution < -0.4 is 9.47 Å². The summed E-state index contributed by atoms with van der Waals surface area (Å²) < 4.78 is 83.5. The molecule has 2 aromatic rings. The molecule has 2 aromatic heterocycles. The fourth-order valence-corrected chi connectivity index (χ4v) is 1.79. The van der Waals surface area contributed by atoms with Crippen LogP contribution in [0.3, 0.4) is 0 Å². The number of hydrogen-bond acceptors (Lipinski definition) is 7. The molecule has 33 heavy (non-hydrogen) atoms. The van der Waals surface area contributed by atoms with Crippen LogP contribution in [0.15, 0.2) is 36.7 Å². The quantitative estimate of drug-likeness (QED) is 0.601. The number of carbonyl (C=O) groups excluding carboxylic acids is 2. The molecule has 0 spiro atoms. The molecule has 0 aliphatic rings. The molecule has 0 aliphatic carbocycles. The molecule has 184 valence electrons. The summed E-state index contributed by atoms with van der Waals surface area (Å²) in [5.41, 5.74) is -2.68. The van der Waals surface area contributed by atoms with Gasteiger partial charge in [0.2, 0.25) is 11.8 Å². The summed E-state index contributed by atoms with van der Waals surface area (Å²) in [5.74, 6) is -0.140. The van der Waals surface area contributed by atoms with Gasteiger partial charge >= 0.3 is 18.5 Å². The minimum atomic E-state index is -4.42. The fourth-order valence-electron chi connectivity index (χ4n) is 1.79. The molecule has 1 N–H and O–H groups in total. The van der Waals surface area contributed by atoms with Gasteiger partial charge in [-0.05, 0) is 32.4 Å². The molecule has 0 unspecified atom stereocenters. The lowest BCUT2D eigenvalue weighted by Gasteiger charge is -2.17. The molecule has 0 saturated heterocycles. The highest BCUT2D eigenvalue weighted by atomic mass is 19.4. The van der Waals surface area contributed by atoms with Gasteiger partial charge in [-0.25, -0.2) is 9.97 Å². The standard InChI is InChI=1S/C10H12F3NO2.C9H10F3NO.CO2/c1-9(2,15)6-16-8-5-7(3-4-14-8)10(11,12)13;1-2-5-14-8-6-7(3-4-13-8)9(10,11)12;2-1-3/h3-5,15H,6H2,1-2H3;3-4,6H,2,5H2,1H3;. The van der Waals surface area contributed by atoms with Crippen LogP contribution in [-0.4, -0.2) is 40.0 Å². The molecular weight excluding hydrogens is 462 g/mol. The zero-order valence-corrected chi connectivity index (χ0v) is 17.8. The van der Waals surface area contributed by atoms with Gasteiger partial charge in [-0.15, -0.1) is 0 Å². The summed E-state index contributed by atoms with van der Waals surface area (Å²) in [6.45, 7) is 5.09. The third kappa shape index (κ3) is 13.8. The SMILES string of the molecule is CC(C)(O)COc1cc(C(F)(F)F)ccn1.CCCOc1cc(C(F)(F)F)ccn1.O=C=O. The second-order valence-electron chi connectivity index (χ2n) is 6.79. The van der Waals surface area contributed by atoms with Crippen LogP contribution in [0.1, 0.15) is 38.3 Å². The number of aliphatic hydroxyl groups is 1. The van der Waals surface area contributed by atoms with E-state index in [4.69, 9.17) is 19.1 Å². The molecule has 0 aromatic carbocycles. The molecule has 2 rings (SSSR count). The number of pyridine rings is 2. The van der Waals surface area contributed by atoms with E-state index in [1.807, 2.05) is 6.92 Å². The van der Waals surface area contributed by atoms with Gasteiger partial charge in [-0.3, -0.25) is 0 Å². The van der Waals surface area contributed by atoms with Crippen molar-refractivity contribution in [3.63, 3.8) is 0 Å². The zero-order chi connectivity index (χ0) is 25.7. The number of alkyl halides is 6. The molecule has 7 nitrogen and oxygen atoms in total. The number of nitrogens with zero attached hydrogens (tertiary/aromatic N) is 2. The van der Waals surface area contributed by atoms with Crippen molar-refractivity contribution >= 4 is 6.15 Å². The topological polar surface area (TPSA) is 98.6 Å². The van der Waals surface area contributed by atoms with Crippen LogP contribution in [0.2, 0.25) is 0 Å². The van der Waals surface area contributed by atoms with E-state index in [0.717, 1.165) is 43.1 Å². The Morgan fingerprint density at radius 1 is 0.879 bits per heavy atom. The van der Waals surface area contributed by atoms with Gasteiger partial charge in [0.1, 0.15) is 6.61 Å². The number of rotatable bonds is 6. The van der Waals surface area contributed by atoms with E-state index in [0.29, 0.717) is 6.61 Å². The summed E-state index contributed by atoms with van der Waals surface area (Å²) >= 11 is 0. The first-order valence-corrected chi connectivity index (χ1v) is 9.17. The van der Waals surface area contributed by atoms with Gasteiger partial charge in [0.15, 0.2) is 0 Å². The minimum absolute atomic E-state index is 0.0154. The van der Waals surface area contributed by atoms with E-state index in [1.54, 1.807) is 0 Å². The average molecular weight is 484 g/mol. The van der Waals surface area contributed by atoms with E-state index in [1.165, 1.54) is 13.8 Å². The lowest BCUT2D eigenvalue weighted by molar-refractivity contribution is -0.191. The molecule has 0 atom stereocenters. The van der Waals surface area contributed by atoms with Crippen molar-refractivity contribution in [1.82, 2.24) is 9.97 Å². The molecule has 0 radical (unpaired) electrons. The smallest absolute Gasteiger partial charge is 0.416 e. The Labute approximate surface area is 185 Å². The molecule has 0 fully saturated rings. The Kier molecular flexibility index (Phi) is 12.1. The van der Waals surface area contributed by atoms with Crippen molar-refractivity contribution in [3.05, 3.63) is 47.8 Å². The highest BCUT2D eigenvalue weighted by Gasteiger charge is 2.31. The van der Waals surface area contributed by atoms with Gasteiger partial charge in [0.25, 0.3) is 0 Å². The maximum absolute atomic E-state index is 12.3. The molecule has 13 heteroatoms. The highest BCUT2D eigenvalue weighted by Crippen LogP contribution is 2.31. The molecule has 0 saturated carbocycles. The van der Waals surface area contributed by atoms with Gasteiger partial charge in [-0.1, -0.05) is 6.92 Å². The second kappa shape index (κ2) is 13.4. The van der Waals surface area contributed by atoms with Gasteiger partial charge < -0.3 is 14.6 Å². The van der Waals surface area contributed by atoms with Gasteiger partial charge in [0.05, 0.1) is 23.3 Å². The predicted octanol–water partition coefficient (Wildman–Crippen LogP) is 4.56. The zero-order valence-electron chi connectivity index (χ0n) is 17.8. The number of ether oxygens (including phenoxy) is 2. The second-order valence-corrected chi connectivity index (χ2v) is 6.79. The summed E-state index contributed by atoms with van der Waals surface area (Å²) in [7, 11) is 0. The first-order chi connectivity index (χ1) is 15.1. The number of aromatic nitrogens is 2. The molecule has 0 bridgehead atoms. The number of hydrogen-bond donors (Lipinski definition) is 1. The maximum Gasteiger partial charge on any atom is 0.416 e. The van der Waals surface area contributed by atoms with Crippen LogP contribution >= 0.6 is 0 Å². The molecular formula is C20H22F6N2O5. The summed E-state index contributed by atoms with van der Waals surface area (Å²) in [4.78, 5) is 23.5. The third-order valence-corrected chi connectivity index (χ3v) is 3.15. The van der Waals surface area contributed by atoms with Crippen molar-refractivity contribution in [2.75, 3.05) is 13.2 Å². The van der Waals surface area contributed by atoms with Crippen molar-refractivity contribution < 1.29 is 50.5 Å². The van der Waals surface area contributed by atoms with E-state index >= 15 is 0 Å². The average Bonchev–Trinajstić information content (AvgIpc) is 2.70. The summed E-state index contributed by atoms with van der Waals surface area (Å²) in [6.07, 6.45) is -5.67. The molecule has 2 heterocycles. The lowest BCUT2D eigenvalue weighted by atomic mass is 10.2. The van der Waals surface area contributed by atoms with Crippen molar-refractivity contribution in [2.45, 2.75) is 45.1 Å². The Balaban J connectivity index is 0.000000558. The van der Waals surface area contributed by atoms with Crippen molar-refractivity contribution in [1.29, 1.82) is 0 Å². The van der Waals surface area contributed by atoms with E-state index in [2.05, 4.69) is 9.97 Å². The van der Waals surface area contributed by atoms with Crippen LogP contribution in [0.4, 0.5) is 26.3 Å². The lowest BCUT2D eigenvalue weighted by Crippen LogP contribution is -2.28. The molecule has 0 amide bonds. The number of halogens is 6. The van der Waals surface area contributed by atoms with Crippen molar-refractivity contribution in [3.8, 4) is 11.8 Å². The molecule has 0 aliphatic heterocycles. The Morgan fingerprint density at radius 2 is 1.27 bits per heavy atom. The summed E-state index contributed by atoms with van der Waals surface area (Å²) in [5, 5.41) is 9.33. The van der Waals surface area contributed by atoms with Gasteiger partial charge in [0, 0.05) is 24.5 Å². The maximum atomic E-state index is 12.3. The van der Waals surface area contributed by atoms with E-state index in [9.17, 15) is 31.4 Å². The Bertz CT molecular complexity index is 876. The first kappa shape index (κ1) is 29.8. The monoisotopic (exact) mass is 484 g/mol. The largest absolute Gasteiger partial charge is 0.478 e. The fraction of sp³-hybridized carbons (Fsp3) is 0.450. The Hall–Kier alpha value is -3.18. The first-order valence-electron chi connectivity index (χ1n) is 9.17. The van der Waals surface area contributed by atoms with Crippen LogP contribution in [0.5, 0.6) is 11.8 Å². The normalized spacial score (nSPS) is 11.2. The van der Waals surface area contributed by atoms with Crippen LogP contribution in [0, 0.1) is 0 Å². The Morgan fingerprint density at radius 3 is 1.61 bits per heavy atom. The minimum Gasteiger partial charge on any atom is -0.478 e. The van der Waals surface area contributed by atoms with E-state index in [-0.39, 0.29) is 24.5 Å². The van der Waals surface area contributed by atoms with Crippen LogP contribution in [-0.2, 0) is 21.9 Å². The van der Waals surface area contributed by atoms with Gasteiger partial charge in [-0.2, -0.15) is 35.9 Å². The van der Waals surface area contributed by atoms with Crippen LogP contribution in [0.25, 0.3) is 0 Å². The van der Waals surface area contributed by atoms with Crippen molar-refractivity contribution in [2.24, 2.45) is 0 Å². The van der Waals surface area contributed by atoms with E-state index < -0.39 is 29.1 Å². The third-order valence-electron chi connectivity index (χ3n) is 3.15.